The summed E-state index contributed by atoms with van der Waals surface area (Å²) in [5.41, 5.74) is 0. The molecule has 0 aromatic carbocycles. The van der Waals surface area contributed by atoms with E-state index in [-0.39, 0.29) is 0 Å². The van der Waals surface area contributed by atoms with Crippen molar-refractivity contribution in [2.75, 3.05) is 0 Å². The molecule has 1 heteroatoms. The number of hydrogen-bond donors (Lipinski definition) is 0. The average molecular weight is 215 g/mol. The molecule has 0 aromatic rings. The summed E-state index contributed by atoms with van der Waals surface area (Å²) in [5, 5.41) is 0. The van der Waals surface area contributed by atoms with E-state index in [1.807, 2.05) is 0 Å². The summed E-state index contributed by atoms with van der Waals surface area (Å²) < 4.78 is 0.993. The first-order chi connectivity index (χ1) is 6.11. The van der Waals surface area contributed by atoms with Gasteiger partial charge in [-0.25, -0.2) is 0 Å². The molecule has 4 atom stereocenters. The Kier molecular flexibility index (Phi) is 0.0762. The Bertz CT molecular complexity index is 794. The molecule has 0 N–H and O–H groups in total. The summed E-state index contributed by atoms with van der Waals surface area (Å²) in [6.07, 6.45) is 0.0351. The SMILES string of the molecule is C=C[C]12[CH]3[CH]4[CH]5[CH]1[Co]45321678[CH]2[CH]1[CH]6[CH]7[CH]28. The van der Waals surface area contributed by atoms with E-state index in [9.17, 15) is 0 Å². The second-order valence-corrected chi connectivity index (χ2v) is 31.8. The van der Waals surface area contributed by atoms with Crippen molar-refractivity contribution in [3.63, 3.8) is 0 Å². The topological polar surface area (TPSA) is 0 Å². The number of hydrogen-bond acceptors (Lipinski definition) is 0. The molecule has 0 aliphatic carbocycles. The quantitative estimate of drug-likeness (QED) is 0.581. The Morgan fingerprint density at radius 3 is 1.38 bits per heavy atom. The number of rotatable bonds is 1. The fourth-order valence-electron chi connectivity index (χ4n) is 15.9. The number of allylic oxidation sites excluding steroid dienone is 1. The van der Waals surface area contributed by atoms with Crippen molar-refractivity contribution in [1.82, 2.24) is 0 Å². The Morgan fingerprint density at radius 1 is 0.846 bits per heavy atom. The van der Waals surface area contributed by atoms with Crippen LogP contribution in [0.25, 0.3) is 0 Å². The van der Waals surface area contributed by atoms with Crippen LogP contribution in [0.3, 0.4) is 0 Å². The van der Waals surface area contributed by atoms with Gasteiger partial charge in [0.05, 0.1) is 0 Å². The molecule has 10 saturated heterocycles. The molecule has 69 valence electrons. The molecule has 10 aliphatic heterocycles. The van der Waals surface area contributed by atoms with Gasteiger partial charge in [0.1, 0.15) is 0 Å². The zero-order valence-corrected chi connectivity index (χ0v) is 8.35. The molecule has 10 fully saturated rings. The van der Waals surface area contributed by atoms with Gasteiger partial charge in [0, 0.05) is 0 Å². The van der Waals surface area contributed by atoms with Crippen molar-refractivity contribution in [1.29, 1.82) is 0 Å². The molecular formula is C12H12Co. The molecule has 0 aromatic heterocycles. The summed E-state index contributed by atoms with van der Waals surface area (Å²) in [4.78, 5) is 13.3. The van der Waals surface area contributed by atoms with Crippen molar-refractivity contribution in [2.45, 2.75) is 48.0 Å². The van der Waals surface area contributed by atoms with Crippen LogP contribution in [-0.2, 0) is 6.37 Å². The third kappa shape index (κ3) is 0.0275. The standard InChI is InChI=1S/C7H7.C5H5.Co/c1-2-7-5-3-4-6-7;1-2-4-5-3-1;/h2-6H,1H2;1-5H;. The van der Waals surface area contributed by atoms with Gasteiger partial charge >= 0.3 is 67.0 Å². The first kappa shape index (κ1) is 4.01. The van der Waals surface area contributed by atoms with Crippen LogP contribution in [0.1, 0.15) is 0 Å². The van der Waals surface area contributed by atoms with Crippen molar-refractivity contribution >= 4 is 0 Å². The first-order valence-electron chi connectivity index (χ1n) is 5.84. The maximum absolute atomic E-state index is 4.29. The van der Waals surface area contributed by atoms with Crippen molar-refractivity contribution in [2.24, 2.45) is 0 Å². The zero-order valence-electron chi connectivity index (χ0n) is 7.31. The van der Waals surface area contributed by atoms with Crippen LogP contribution in [0, 0.1) is 0 Å². The third-order valence-electron chi connectivity index (χ3n) is 14.3. The van der Waals surface area contributed by atoms with Crippen molar-refractivity contribution in [3.05, 3.63) is 12.7 Å². The molecule has 0 radical (unpaired) electrons. The first-order valence-corrected chi connectivity index (χ1v) is 11.8. The van der Waals surface area contributed by atoms with E-state index < -0.39 is 6.37 Å². The summed E-state index contributed by atoms with van der Waals surface area (Å²) >= 11 is 0. The molecule has 0 nitrogen and oxygen atoms in total. The molecule has 4 unspecified atom stereocenters. The maximum atomic E-state index is 4.29. The van der Waals surface area contributed by atoms with E-state index in [0.29, 0.717) is 0 Å². The van der Waals surface area contributed by atoms with E-state index in [2.05, 4.69) is 12.7 Å². The van der Waals surface area contributed by atoms with Gasteiger partial charge in [-0.2, -0.15) is 0 Å². The Hall–Kier alpha value is 0.246. The zero-order chi connectivity index (χ0) is 7.72. The summed E-state index contributed by atoms with van der Waals surface area (Å²) in [7, 11) is 0. The monoisotopic (exact) mass is 215 g/mol. The second kappa shape index (κ2) is 0.247. The molecule has 10 rings (SSSR count). The summed E-state index contributed by atoms with van der Waals surface area (Å²) in [6.45, 7) is 4.29. The Labute approximate surface area is 67.3 Å². The van der Waals surface area contributed by atoms with Crippen LogP contribution in [0.2, 0.25) is 48.0 Å². The van der Waals surface area contributed by atoms with E-state index in [1.165, 1.54) is 43.7 Å². The minimum atomic E-state index is -2.53. The normalized spacial score (nSPS) is 152. The Balaban J connectivity index is 2.14. The van der Waals surface area contributed by atoms with Gasteiger partial charge in [0.25, 0.3) is 0 Å². The van der Waals surface area contributed by atoms with Gasteiger partial charge in [-0.3, -0.25) is 0 Å². The van der Waals surface area contributed by atoms with Crippen LogP contribution in [0.15, 0.2) is 12.7 Å². The van der Waals surface area contributed by atoms with Crippen LogP contribution < -0.4 is 0 Å². The molecule has 10 aliphatic rings. The van der Waals surface area contributed by atoms with Gasteiger partial charge < -0.3 is 0 Å². The predicted octanol–water partition coefficient (Wildman–Crippen LogP) is 3.93. The van der Waals surface area contributed by atoms with Gasteiger partial charge in [-0.1, -0.05) is 0 Å². The molecule has 0 amide bonds. The average Bonchev–Trinajstić information content (AvgIpc) is 3.12. The van der Waals surface area contributed by atoms with Crippen molar-refractivity contribution in [3.8, 4) is 0 Å². The molecule has 0 bridgehead atoms. The molecular weight excluding hydrogens is 203 g/mol. The van der Waals surface area contributed by atoms with E-state index in [1.54, 1.807) is 0 Å². The van der Waals surface area contributed by atoms with E-state index in [0.717, 1.165) is 4.35 Å². The predicted molar refractivity (Wildman–Crippen MR) is 46.6 cm³/mol. The second-order valence-electron chi connectivity index (χ2n) is 9.51. The van der Waals surface area contributed by atoms with Gasteiger partial charge in [-0.05, 0) is 0 Å². The van der Waals surface area contributed by atoms with Crippen LogP contribution in [0.5, 0.6) is 0 Å². The van der Waals surface area contributed by atoms with Crippen molar-refractivity contribution < 1.29 is 6.37 Å². The molecule has 10 heterocycles. The molecule has 0 saturated carbocycles. The molecule has 13 heavy (non-hydrogen) atoms. The summed E-state index contributed by atoms with van der Waals surface area (Å²) in [5.74, 6) is 0. The van der Waals surface area contributed by atoms with Gasteiger partial charge in [0.2, 0.25) is 0 Å². The third-order valence-corrected chi connectivity index (χ3v) is 54.4. The van der Waals surface area contributed by atoms with E-state index >= 15 is 0 Å². The fourth-order valence-corrected chi connectivity index (χ4v) is 84.1. The van der Waals surface area contributed by atoms with E-state index in [4.69, 9.17) is 0 Å². The Morgan fingerprint density at radius 2 is 1.31 bits per heavy atom. The van der Waals surface area contributed by atoms with Crippen LogP contribution >= 0.6 is 0 Å². The van der Waals surface area contributed by atoms with Crippen LogP contribution in [0.4, 0.5) is 0 Å². The minimum absolute atomic E-state index is 0.993. The van der Waals surface area contributed by atoms with Gasteiger partial charge in [0.15, 0.2) is 0 Å². The fraction of sp³-hybridized carbons (Fsp3) is 0.833. The number of fused-ring (bicyclic) bond motifs is 10. The van der Waals surface area contributed by atoms with Gasteiger partial charge in [-0.15, -0.1) is 0 Å². The van der Waals surface area contributed by atoms with Crippen LogP contribution in [-0.4, -0.2) is 0 Å². The molecule has 1 spiro atoms. The summed E-state index contributed by atoms with van der Waals surface area (Å²) in [6, 6.07) is 0.